The number of rotatable bonds is 2. The fraction of sp³-hybridized carbons (Fsp3) is 0.200. The second-order valence-corrected chi connectivity index (χ2v) is 2.61. The van der Waals surface area contributed by atoms with Crippen molar-refractivity contribution in [3.63, 3.8) is 0 Å². The summed E-state index contributed by atoms with van der Waals surface area (Å²) in [5.41, 5.74) is 6.33. The Labute approximate surface area is 71.4 Å². The Hall–Kier alpha value is -1.33. The summed E-state index contributed by atoms with van der Waals surface area (Å²) in [7, 11) is 0. The molecule has 1 atom stereocenters. The quantitative estimate of drug-likeness (QED) is 0.654. The molecule has 0 heterocycles. The largest absolute Gasteiger partial charge is 0.317 e. The summed E-state index contributed by atoms with van der Waals surface area (Å²) in [4.78, 5) is 0. The van der Waals surface area contributed by atoms with E-state index < -0.39 is 0 Å². The maximum Gasteiger partial charge on any atom is 0.123 e. The number of halogens is 1. The third-order valence-electron chi connectivity index (χ3n) is 1.56. The number of terminal acetylenes is 1. The van der Waals surface area contributed by atoms with E-state index in [-0.39, 0.29) is 11.9 Å². The minimum absolute atomic E-state index is 0.253. The van der Waals surface area contributed by atoms with Crippen LogP contribution in [0.5, 0.6) is 0 Å². The molecule has 2 N–H and O–H groups in total. The van der Waals surface area contributed by atoms with Gasteiger partial charge in [-0.25, -0.2) is 4.39 Å². The third-order valence-corrected chi connectivity index (χ3v) is 1.56. The lowest BCUT2D eigenvalue weighted by Crippen LogP contribution is -2.20. The molecule has 0 spiro atoms. The highest BCUT2D eigenvalue weighted by Crippen LogP contribution is 2.04. The molecule has 1 rings (SSSR count). The zero-order chi connectivity index (χ0) is 8.97. The van der Waals surface area contributed by atoms with E-state index in [0.717, 1.165) is 5.56 Å². The van der Waals surface area contributed by atoms with Gasteiger partial charge in [0.1, 0.15) is 5.82 Å². The van der Waals surface area contributed by atoms with Gasteiger partial charge < -0.3 is 5.73 Å². The molecule has 1 aromatic carbocycles. The lowest BCUT2D eigenvalue weighted by atomic mass is 10.1. The summed E-state index contributed by atoms with van der Waals surface area (Å²) in [6.45, 7) is 0. The van der Waals surface area contributed by atoms with Crippen LogP contribution in [0.2, 0.25) is 0 Å². The van der Waals surface area contributed by atoms with E-state index in [4.69, 9.17) is 12.2 Å². The van der Waals surface area contributed by atoms with Gasteiger partial charge in [-0.05, 0) is 24.1 Å². The Kier molecular flexibility index (Phi) is 2.84. The van der Waals surface area contributed by atoms with E-state index in [1.807, 2.05) is 0 Å². The van der Waals surface area contributed by atoms with Crippen molar-refractivity contribution in [2.75, 3.05) is 0 Å². The Morgan fingerprint density at radius 1 is 1.58 bits per heavy atom. The van der Waals surface area contributed by atoms with Crippen LogP contribution >= 0.6 is 0 Å². The minimum atomic E-state index is -0.327. The fourth-order valence-electron chi connectivity index (χ4n) is 0.977. The second-order valence-electron chi connectivity index (χ2n) is 2.61. The molecule has 0 aromatic heterocycles. The Balaban J connectivity index is 2.71. The molecule has 1 aromatic rings. The van der Waals surface area contributed by atoms with Gasteiger partial charge in [-0.15, -0.1) is 6.42 Å². The zero-order valence-electron chi connectivity index (χ0n) is 6.63. The molecule has 0 aliphatic carbocycles. The molecule has 0 bridgehead atoms. The van der Waals surface area contributed by atoms with Crippen molar-refractivity contribution in [3.8, 4) is 12.3 Å². The average molecular weight is 163 g/mol. The van der Waals surface area contributed by atoms with Crippen LogP contribution in [0.15, 0.2) is 24.3 Å². The highest BCUT2D eigenvalue weighted by Gasteiger charge is 2.00. The van der Waals surface area contributed by atoms with E-state index in [2.05, 4.69) is 5.92 Å². The monoisotopic (exact) mass is 163 g/mol. The SMILES string of the molecule is C#CC(N)Cc1cccc(F)c1. The molecule has 0 amide bonds. The topological polar surface area (TPSA) is 26.0 Å². The molecule has 0 aliphatic heterocycles. The van der Waals surface area contributed by atoms with Crippen molar-refractivity contribution in [2.24, 2.45) is 5.73 Å². The fourth-order valence-corrected chi connectivity index (χ4v) is 0.977. The van der Waals surface area contributed by atoms with Crippen molar-refractivity contribution >= 4 is 0 Å². The number of hydrogen-bond acceptors (Lipinski definition) is 1. The summed E-state index contributed by atoms with van der Waals surface area (Å²) in [6, 6.07) is 5.96. The van der Waals surface area contributed by atoms with Gasteiger partial charge in [-0.1, -0.05) is 18.1 Å². The van der Waals surface area contributed by atoms with Crippen molar-refractivity contribution in [1.29, 1.82) is 0 Å². The summed E-state index contributed by atoms with van der Waals surface area (Å²) in [6.07, 6.45) is 5.61. The predicted molar refractivity (Wildman–Crippen MR) is 46.9 cm³/mol. The molecule has 0 radical (unpaired) electrons. The van der Waals surface area contributed by atoms with Crippen molar-refractivity contribution in [2.45, 2.75) is 12.5 Å². The van der Waals surface area contributed by atoms with Crippen LogP contribution in [-0.4, -0.2) is 6.04 Å². The maximum absolute atomic E-state index is 12.6. The molecule has 62 valence electrons. The predicted octanol–water partition coefficient (Wildman–Crippen LogP) is 1.33. The Morgan fingerprint density at radius 3 is 2.92 bits per heavy atom. The lowest BCUT2D eigenvalue weighted by molar-refractivity contribution is 0.624. The van der Waals surface area contributed by atoms with Gasteiger partial charge in [0.15, 0.2) is 0 Å². The first-order chi connectivity index (χ1) is 5.72. The molecule has 1 nitrogen and oxygen atoms in total. The van der Waals surface area contributed by atoms with Crippen LogP contribution < -0.4 is 5.73 Å². The summed E-state index contributed by atoms with van der Waals surface area (Å²) in [5.74, 6) is 2.14. The van der Waals surface area contributed by atoms with Crippen molar-refractivity contribution < 1.29 is 4.39 Å². The standard InChI is InChI=1S/C10H10FN/c1-2-10(12)7-8-4-3-5-9(11)6-8/h1,3-6,10H,7,12H2. The summed E-state index contributed by atoms with van der Waals surface area (Å²) < 4.78 is 12.6. The zero-order valence-corrected chi connectivity index (χ0v) is 6.63. The lowest BCUT2D eigenvalue weighted by Gasteiger charge is -2.03. The van der Waals surface area contributed by atoms with Gasteiger partial charge in [-0.3, -0.25) is 0 Å². The van der Waals surface area contributed by atoms with Crippen LogP contribution in [0.3, 0.4) is 0 Å². The molecule has 0 fully saturated rings. The van der Waals surface area contributed by atoms with Gasteiger partial charge in [0.05, 0.1) is 6.04 Å². The van der Waals surface area contributed by atoms with Gasteiger partial charge in [0, 0.05) is 0 Å². The first kappa shape index (κ1) is 8.76. The molecular weight excluding hydrogens is 153 g/mol. The molecule has 0 saturated carbocycles. The molecule has 1 unspecified atom stereocenters. The molecule has 0 aliphatic rings. The normalized spacial score (nSPS) is 12.1. The molecule has 12 heavy (non-hydrogen) atoms. The van der Waals surface area contributed by atoms with Crippen LogP contribution in [0.25, 0.3) is 0 Å². The van der Waals surface area contributed by atoms with Gasteiger partial charge >= 0.3 is 0 Å². The van der Waals surface area contributed by atoms with E-state index in [1.165, 1.54) is 12.1 Å². The highest BCUT2D eigenvalue weighted by atomic mass is 19.1. The maximum atomic E-state index is 12.6. The Bertz CT molecular complexity index is 301. The van der Waals surface area contributed by atoms with E-state index in [0.29, 0.717) is 6.42 Å². The molecule has 0 saturated heterocycles. The molecule has 2 heteroatoms. The number of nitrogens with two attached hydrogens (primary N) is 1. The summed E-state index contributed by atoms with van der Waals surface area (Å²) in [5, 5.41) is 0. The number of hydrogen-bond donors (Lipinski definition) is 1. The smallest absolute Gasteiger partial charge is 0.123 e. The van der Waals surface area contributed by atoms with E-state index in [1.54, 1.807) is 12.1 Å². The van der Waals surface area contributed by atoms with Gasteiger partial charge in [0.2, 0.25) is 0 Å². The van der Waals surface area contributed by atoms with Crippen molar-refractivity contribution in [3.05, 3.63) is 35.6 Å². The number of benzene rings is 1. The van der Waals surface area contributed by atoms with Crippen LogP contribution in [0.1, 0.15) is 5.56 Å². The second kappa shape index (κ2) is 3.89. The van der Waals surface area contributed by atoms with Crippen LogP contribution in [0.4, 0.5) is 4.39 Å². The molecular formula is C10H10FN. The van der Waals surface area contributed by atoms with Crippen LogP contribution in [0, 0.1) is 18.2 Å². The first-order valence-corrected chi connectivity index (χ1v) is 3.68. The van der Waals surface area contributed by atoms with Crippen molar-refractivity contribution in [1.82, 2.24) is 0 Å². The Morgan fingerprint density at radius 2 is 2.33 bits per heavy atom. The van der Waals surface area contributed by atoms with Gasteiger partial charge in [0.25, 0.3) is 0 Å². The minimum Gasteiger partial charge on any atom is -0.317 e. The third kappa shape index (κ3) is 2.37. The average Bonchev–Trinajstić information content (AvgIpc) is 2.04. The summed E-state index contributed by atoms with van der Waals surface area (Å²) >= 11 is 0. The van der Waals surface area contributed by atoms with Gasteiger partial charge in [-0.2, -0.15) is 0 Å². The van der Waals surface area contributed by atoms with E-state index in [9.17, 15) is 4.39 Å². The van der Waals surface area contributed by atoms with E-state index >= 15 is 0 Å². The van der Waals surface area contributed by atoms with Crippen LogP contribution in [-0.2, 0) is 6.42 Å². The highest BCUT2D eigenvalue weighted by molar-refractivity contribution is 5.19. The first-order valence-electron chi connectivity index (χ1n) is 3.68.